The minimum Gasteiger partial charge on any atom is -0.328 e. The van der Waals surface area contributed by atoms with E-state index >= 15 is 0 Å². The molecular weight excluding hydrogens is 288 g/mol. The molecule has 0 radical (unpaired) electrons. The number of nitrogens with zero attached hydrogens (tertiary/aromatic N) is 3. The van der Waals surface area contributed by atoms with Gasteiger partial charge in [0.05, 0.1) is 29.4 Å². The largest absolute Gasteiger partial charge is 0.328 e. The Morgan fingerprint density at radius 1 is 1.38 bits per heavy atom. The van der Waals surface area contributed by atoms with Crippen LogP contribution >= 0.6 is 11.6 Å². The van der Waals surface area contributed by atoms with Gasteiger partial charge in [0, 0.05) is 25.7 Å². The van der Waals surface area contributed by atoms with Crippen LogP contribution in [0.1, 0.15) is 38.1 Å². The van der Waals surface area contributed by atoms with E-state index in [1.807, 2.05) is 18.5 Å². The van der Waals surface area contributed by atoms with Gasteiger partial charge in [0.2, 0.25) is 0 Å². The zero-order valence-corrected chi connectivity index (χ0v) is 13.7. The molecule has 2 rings (SSSR count). The Morgan fingerprint density at radius 2 is 2.05 bits per heavy atom. The summed E-state index contributed by atoms with van der Waals surface area (Å²) in [5, 5.41) is 5.12. The lowest BCUT2D eigenvalue weighted by Gasteiger charge is -2.29. The molecule has 1 aromatic heterocycles. The fourth-order valence-electron chi connectivity index (χ4n) is 2.79. The highest BCUT2D eigenvalue weighted by molar-refractivity contribution is 6.32. The molecule has 2 N–H and O–H groups in total. The second kappa shape index (κ2) is 7.38. The van der Waals surface area contributed by atoms with E-state index in [1.165, 1.54) is 0 Å². The van der Waals surface area contributed by atoms with E-state index < -0.39 is 0 Å². The molecule has 1 aromatic rings. The molecule has 0 aliphatic carbocycles. The highest BCUT2D eigenvalue weighted by Crippen LogP contribution is 2.22. The Kier molecular flexibility index (Phi) is 5.79. The van der Waals surface area contributed by atoms with Gasteiger partial charge in [0.1, 0.15) is 0 Å². The highest BCUT2D eigenvalue weighted by Gasteiger charge is 2.21. The van der Waals surface area contributed by atoms with Crippen LogP contribution in [0.4, 0.5) is 0 Å². The number of hydrogen-bond donors (Lipinski definition) is 1. The predicted molar refractivity (Wildman–Crippen MR) is 84.6 cm³/mol. The van der Waals surface area contributed by atoms with Crippen LogP contribution in [0.3, 0.4) is 0 Å². The third-order valence-corrected chi connectivity index (χ3v) is 4.53. The van der Waals surface area contributed by atoms with Crippen LogP contribution in [-0.2, 0) is 24.2 Å². The van der Waals surface area contributed by atoms with Crippen molar-refractivity contribution in [3.8, 4) is 0 Å². The monoisotopic (exact) mass is 312 g/mol. The summed E-state index contributed by atoms with van der Waals surface area (Å²) in [6.45, 7) is 7.08. The number of halogens is 1. The van der Waals surface area contributed by atoms with E-state index in [4.69, 9.17) is 17.3 Å². The Morgan fingerprint density at radius 3 is 2.62 bits per heavy atom. The van der Waals surface area contributed by atoms with Gasteiger partial charge in [-0.05, 0) is 26.2 Å². The van der Waals surface area contributed by atoms with Gasteiger partial charge >= 0.3 is 0 Å². The van der Waals surface area contributed by atoms with Crippen LogP contribution in [0.2, 0.25) is 5.02 Å². The third kappa shape index (κ3) is 4.05. The zero-order chi connectivity index (χ0) is 15.4. The van der Waals surface area contributed by atoms with Crippen molar-refractivity contribution in [3.05, 3.63) is 16.4 Å². The van der Waals surface area contributed by atoms with Crippen molar-refractivity contribution in [2.24, 2.45) is 5.73 Å². The second-order valence-corrected chi connectivity index (χ2v) is 6.08. The van der Waals surface area contributed by atoms with E-state index in [0.29, 0.717) is 24.0 Å². The van der Waals surface area contributed by atoms with E-state index in [2.05, 4.69) is 10.00 Å². The third-order valence-electron chi connectivity index (χ3n) is 4.09. The van der Waals surface area contributed by atoms with Gasteiger partial charge in [-0.3, -0.25) is 14.4 Å². The van der Waals surface area contributed by atoms with Gasteiger partial charge in [-0.15, -0.1) is 0 Å². The summed E-state index contributed by atoms with van der Waals surface area (Å²) in [5.74, 6) is 0.199. The van der Waals surface area contributed by atoms with Crippen LogP contribution in [0.25, 0.3) is 0 Å². The molecule has 1 saturated heterocycles. The van der Waals surface area contributed by atoms with E-state index in [9.17, 15) is 4.79 Å². The first-order chi connectivity index (χ1) is 10.0. The van der Waals surface area contributed by atoms with Gasteiger partial charge in [-0.1, -0.05) is 18.5 Å². The number of aromatic nitrogens is 2. The maximum Gasteiger partial charge on any atom is 0.152 e. The molecule has 0 unspecified atom stereocenters. The second-order valence-electron chi connectivity index (χ2n) is 5.71. The Bertz CT molecular complexity index is 492. The number of carbonyl (C=O) groups is 1. The molecule has 0 spiro atoms. The number of rotatable bonds is 6. The van der Waals surface area contributed by atoms with Crippen LogP contribution in [0.5, 0.6) is 0 Å². The van der Waals surface area contributed by atoms with Crippen molar-refractivity contribution in [2.75, 3.05) is 19.6 Å². The first-order valence-corrected chi connectivity index (χ1v) is 8.16. The number of hydrogen-bond acceptors (Lipinski definition) is 4. The lowest BCUT2D eigenvalue weighted by molar-refractivity contribution is -0.119. The summed E-state index contributed by atoms with van der Waals surface area (Å²) < 4.78 is 1.85. The van der Waals surface area contributed by atoms with Crippen molar-refractivity contribution in [3.63, 3.8) is 0 Å². The fraction of sp³-hybridized carbons (Fsp3) is 0.733. The van der Waals surface area contributed by atoms with Crippen molar-refractivity contribution < 1.29 is 4.79 Å². The summed E-state index contributed by atoms with van der Waals surface area (Å²) in [4.78, 5) is 14.5. The summed E-state index contributed by atoms with van der Waals surface area (Å²) in [5.41, 5.74) is 7.62. The predicted octanol–water partition coefficient (Wildman–Crippen LogP) is 1.65. The molecule has 1 fully saturated rings. The van der Waals surface area contributed by atoms with Crippen molar-refractivity contribution in [1.29, 1.82) is 0 Å². The molecule has 1 aliphatic rings. The minimum absolute atomic E-state index is 0.199. The fourth-order valence-corrected chi connectivity index (χ4v) is 3.13. The number of likely N-dealkylation sites (tertiary alicyclic amines) is 1. The van der Waals surface area contributed by atoms with Gasteiger partial charge < -0.3 is 5.73 Å². The Labute approximate surface area is 131 Å². The van der Waals surface area contributed by atoms with Gasteiger partial charge in [0.15, 0.2) is 5.78 Å². The molecule has 118 valence electrons. The lowest BCUT2D eigenvalue weighted by Crippen LogP contribution is -2.42. The number of ketones is 1. The van der Waals surface area contributed by atoms with Crippen LogP contribution in [-0.4, -0.2) is 46.1 Å². The number of piperidine rings is 1. The molecule has 5 nitrogen and oxygen atoms in total. The maximum atomic E-state index is 12.3. The molecule has 0 aromatic carbocycles. The first-order valence-electron chi connectivity index (χ1n) is 7.78. The molecule has 0 saturated carbocycles. The summed E-state index contributed by atoms with van der Waals surface area (Å²) in [6.07, 6.45) is 3.10. The number of carbonyl (C=O) groups excluding carboxylic acids is 1. The van der Waals surface area contributed by atoms with Crippen molar-refractivity contribution >= 4 is 17.4 Å². The molecule has 2 heterocycles. The van der Waals surface area contributed by atoms with Gasteiger partial charge in [-0.2, -0.15) is 5.10 Å². The Balaban J connectivity index is 1.98. The molecule has 21 heavy (non-hydrogen) atoms. The van der Waals surface area contributed by atoms with Crippen LogP contribution in [0.15, 0.2) is 0 Å². The lowest BCUT2D eigenvalue weighted by atomic mass is 10.1. The number of nitrogens with two attached hydrogens (primary N) is 1. The first kappa shape index (κ1) is 16.5. The van der Waals surface area contributed by atoms with Crippen molar-refractivity contribution in [2.45, 2.75) is 52.1 Å². The molecule has 6 heteroatoms. The van der Waals surface area contributed by atoms with E-state index in [0.717, 1.165) is 50.3 Å². The van der Waals surface area contributed by atoms with Crippen molar-refractivity contribution in [1.82, 2.24) is 14.7 Å². The van der Waals surface area contributed by atoms with E-state index in [1.54, 1.807) is 0 Å². The highest BCUT2D eigenvalue weighted by atomic mass is 35.5. The number of Topliss-reactive ketones (excluding diaryl/α,β-unsaturated/α-hetero) is 1. The quantitative estimate of drug-likeness (QED) is 0.867. The van der Waals surface area contributed by atoms with Gasteiger partial charge in [-0.25, -0.2) is 0 Å². The summed E-state index contributed by atoms with van der Waals surface area (Å²) in [7, 11) is 0. The SMILES string of the molecule is CCc1nn(CC)c(CC(=O)CN2CCC(N)CC2)c1Cl. The molecule has 0 amide bonds. The Hall–Kier alpha value is -0.910. The van der Waals surface area contributed by atoms with Crippen LogP contribution < -0.4 is 5.73 Å². The smallest absolute Gasteiger partial charge is 0.152 e. The van der Waals surface area contributed by atoms with Crippen LogP contribution in [0, 0.1) is 0 Å². The van der Waals surface area contributed by atoms with E-state index in [-0.39, 0.29) is 5.78 Å². The topological polar surface area (TPSA) is 64.2 Å². The normalized spacial score (nSPS) is 17.3. The zero-order valence-electron chi connectivity index (χ0n) is 12.9. The summed E-state index contributed by atoms with van der Waals surface area (Å²) >= 11 is 6.35. The molecule has 1 aliphatic heterocycles. The minimum atomic E-state index is 0.199. The average molecular weight is 313 g/mol. The summed E-state index contributed by atoms with van der Waals surface area (Å²) in [6, 6.07) is 0.291. The molecule has 0 atom stereocenters. The van der Waals surface area contributed by atoms with Gasteiger partial charge in [0.25, 0.3) is 0 Å². The standard InChI is InChI=1S/C15H25ClN4O/c1-3-13-15(16)14(20(4-2)18-13)9-12(21)10-19-7-5-11(17)6-8-19/h11H,3-10,17H2,1-2H3. The molecular formula is C15H25ClN4O. The molecule has 0 bridgehead atoms. The number of aryl methyl sites for hydroxylation is 2. The maximum absolute atomic E-state index is 12.3. The average Bonchev–Trinajstić information content (AvgIpc) is 2.77.